The Kier molecular flexibility index (Phi) is 4.99. The number of esters is 1. The Morgan fingerprint density at radius 3 is 2.85 bits per heavy atom. The molecule has 0 radical (unpaired) electrons. The van der Waals surface area contributed by atoms with Crippen LogP contribution in [0, 0.1) is 0 Å². The third kappa shape index (κ3) is 4.22. The number of carbonyl (C=O) groups is 2. The molecule has 0 aliphatic heterocycles. The summed E-state index contributed by atoms with van der Waals surface area (Å²) < 4.78 is 6.58. The molecule has 0 aromatic carbocycles. The van der Waals surface area contributed by atoms with Crippen molar-refractivity contribution in [1.82, 2.24) is 20.1 Å². The molecule has 0 atom stereocenters. The molecule has 8 heteroatoms. The third-order valence-corrected chi connectivity index (χ3v) is 3.83. The van der Waals surface area contributed by atoms with E-state index in [1.54, 1.807) is 18.5 Å². The number of rotatable bonds is 7. The van der Waals surface area contributed by atoms with E-state index < -0.39 is 0 Å². The van der Waals surface area contributed by atoms with Gasteiger partial charge in [-0.2, -0.15) is 0 Å². The van der Waals surface area contributed by atoms with Crippen LogP contribution in [0.2, 0.25) is 0 Å². The van der Waals surface area contributed by atoms with Crippen LogP contribution in [0.25, 0.3) is 0 Å². The molecule has 1 aromatic rings. The second-order valence-electron chi connectivity index (χ2n) is 4.57. The van der Waals surface area contributed by atoms with E-state index in [0.29, 0.717) is 29.4 Å². The summed E-state index contributed by atoms with van der Waals surface area (Å²) >= 11 is 1.31. The van der Waals surface area contributed by atoms with Crippen molar-refractivity contribution in [1.29, 1.82) is 0 Å². The van der Waals surface area contributed by atoms with Crippen molar-refractivity contribution in [3.05, 3.63) is 5.82 Å². The maximum absolute atomic E-state index is 11.6. The number of carbonyl (C=O) groups excluding carboxylic acids is 2. The van der Waals surface area contributed by atoms with Gasteiger partial charge in [-0.25, -0.2) is 0 Å². The van der Waals surface area contributed by atoms with Gasteiger partial charge in [0.25, 0.3) is 0 Å². The number of hydrogen-bond donors (Lipinski definition) is 1. The van der Waals surface area contributed by atoms with Crippen LogP contribution in [0.4, 0.5) is 0 Å². The lowest BCUT2D eigenvalue weighted by Gasteiger charge is -2.04. The summed E-state index contributed by atoms with van der Waals surface area (Å²) in [6.45, 7) is 2.11. The molecule has 0 spiro atoms. The number of nitrogens with zero attached hydrogens (tertiary/aromatic N) is 3. The molecule has 1 aliphatic carbocycles. The normalized spacial score (nSPS) is 14.1. The van der Waals surface area contributed by atoms with E-state index in [1.165, 1.54) is 11.8 Å². The first-order chi connectivity index (χ1) is 9.60. The average Bonchev–Trinajstić information content (AvgIpc) is 3.14. The number of aromatic nitrogens is 3. The summed E-state index contributed by atoms with van der Waals surface area (Å²) in [6, 6.07) is 0.363. The summed E-state index contributed by atoms with van der Waals surface area (Å²) in [6.07, 6.45) is 2.24. The van der Waals surface area contributed by atoms with Crippen LogP contribution in [0.5, 0.6) is 0 Å². The molecular weight excluding hydrogens is 280 g/mol. The summed E-state index contributed by atoms with van der Waals surface area (Å²) in [5.41, 5.74) is 0. The Labute approximate surface area is 121 Å². The number of ether oxygens (including phenoxy) is 1. The maximum atomic E-state index is 11.6. The Morgan fingerprint density at radius 2 is 2.20 bits per heavy atom. The van der Waals surface area contributed by atoms with Gasteiger partial charge in [-0.3, -0.25) is 9.59 Å². The lowest BCUT2D eigenvalue weighted by molar-refractivity contribution is -0.142. The number of nitrogens with one attached hydrogen (secondary N) is 1. The highest BCUT2D eigenvalue weighted by atomic mass is 32.2. The van der Waals surface area contributed by atoms with E-state index in [1.807, 2.05) is 0 Å². The molecule has 0 unspecified atom stereocenters. The van der Waals surface area contributed by atoms with Crippen molar-refractivity contribution in [2.45, 2.75) is 37.4 Å². The van der Waals surface area contributed by atoms with Gasteiger partial charge in [-0.05, 0) is 19.8 Å². The average molecular weight is 298 g/mol. The van der Waals surface area contributed by atoms with Gasteiger partial charge in [0.2, 0.25) is 5.91 Å². The fourth-order valence-corrected chi connectivity index (χ4v) is 2.33. The summed E-state index contributed by atoms with van der Waals surface area (Å²) in [7, 11) is 1.77. The predicted octanol–water partition coefficient (Wildman–Crippen LogP) is 0.291. The molecule has 7 nitrogen and oxygen atoms in total. The van der Waals surface area contributed by atoms with Gasteiger partial charge in [0.15, 0.2) is 5.16 Å². The minimum absolute atomic E-state index is 0.00689. The van der Waals surface area contributed by atoms with Crippen molar-refractivity contribution in [3.63, 3.8) is 0 Å². The molecule has 1 saturated carbocycles. The minimum atomic E-state index is -0.328. The smallest absolute Gasteiger partial charge is 0.313 e. The zero-order valence-corrected chi connectivity index (χ0v) is 12.4. The first kappa shape index (κ1) is 14.8. The van der Waals surface area contributed by atoms with Gasteiger partial charge >= 0.3 is 5.97 Å². The first-order valence-corrected chi connectivity index (χ1v) is 7.54. The van der Waals surface area contributed by atoms with E-state index in [9.17, 15) is 9.59 Å². The highest BCUT2D eigenvalue weighted by Gasteiger charge is 2.23. The Bertz CT molecular complexity index is 499. The minimum Gasteiger partial charge on any atom is -0.466 e. The maximum Gasteiger partial charge on any atom is 0.313 e. The SMILES string of the molecule is CCOC(=O)Cc1nnc(SCC(=O)NC2CC2)n1C. The second-order valence-corrected chi connectivity index (χ2v) is 5.51. The van der Waals surface area contributed by atoms with Crippen molar-refractivity contribution in [2.24, 2.45) is 7.05 Å². The lowest BCUT2D eigenvalue weighted by Crippen LogP contribution is -2.27. The summed E-state index contributed by atoms with van der Waals surface area (Å²) in [4.78, 5) is 23.0. The largest absolute Gasteiger partial charge is 0.466 e. The van der Waals surface area contributed by atoms with Crippen molar-refractivity contribution >= 4 is 23.6 Å². The fourth-order valence-electron chi connectivity index (χ4n) is 1.59. The molecule has 1 N–H and O–H groups in total. The Morgan fingerprint density at radius 1 is 1.45 bits per heavy atom. The number of amides is 1. The van der Waals surface area contributed by atoms with Crippen molar-refractivity contribution < 1.29 is 14.3 Å². The van der Waals surface area contributed by atoms with Gasteiger partial charge in [0.1, 0.15) is 12.2 Å². The molecule has 1 heterocycles. The van der Waals surface area contributed by atoms with Gasteiger partial charge < -0.3 is 14.6 Å². The molecule has 1 amide bonds. The van der Waals surface area contributed by atoms with E-state index in [4.69, 9.17) is 4.74 Å². The Hall–Kier alpha value is -1.57. The standard InChI is InChI=1S/C12H18N4O3S/c1-3-19-11(18)6-9-14-15-12(16(9)2)20-7-10(17)13-8-4-5-8/h8H,3-7H2,1-2H3,(H,13,17). The van der Waals surface area contributed by atoms with Crippen LogP contribution < -0.4 is 5.32 Å². The highest BCUT2D eigenvalue weighted by Crippen LogP contribution is 2.20. The Balaban J connectivity index is 1.84. The molecule has 110 valence electrons. The number of thioether (sulfide) groups is 1. The molecule has 1 fully saturated rings. The molecule has 1 aromatic heterocycles. The summed E-state index contributed by atoms with van der Waals surface area (Å²) in [5.74, 6) is 0.522. The predicted molar refractivity (Wildman–Crippen MR) is 73.2 cm³/mol. The quantitative estimate of drug-likeness (QED) is 0.575. The van der Waals surface area contributed by atoms with Gasteiger partial charge in [0, 0.05) is 13.1 Å². The molecule has 0 saturated heterocycles. The molecule has 0 bridgehead atoms. The zero-order valence-electron chi connectivity index (χ0n) is 11.6. The van der Waals surface area contributed by atoms with Crippen LogP contribution in [0.1, 0.15) is 25.6 Å². The second kappa shape index (κ2) is 6.74. The van der Waals surface area contributed by atoms with Crippen LogP contribution >= 0.6 is 11.8 Å². The van der Waals surface area contributed by atoms with Gasteiger partial charge in [-0.1, -0.05) is 11.8 Å². The van der Waals surface area contributed by atoms with E-state index >= 15 is 0 Å². The molecule has 2 rings (SSSR count). The zero-order chi connectivity index (χ0) is 14.5. The monoisotopic (exact) mass is 298 g/mol. The van der Waals surface area contributed by atoms with Crippen molar-refractivity contribution in [3.8, 4) is 0 Å². The van der Waals surface area contributed by atoms with Crippen molar-refractivity contribution in [2.75, 3.05) is 12.4 Å². The lowest BCUT2D eigenvalue weighted by atomic mass is 10.4. The van der Waals surface area contributed by atoms with Crippen LogP contribution in [0.3, 0.4) is 0 Å². The third-order valence-electron chi connectivity index (χ3n) is 2.81. The molecule has 20 heavy (non-hydrogen) atoms. The van der Waals surface area contributed by atoms with E-state index in [-0.39, 0.29) is 18.3 Å². The van der Waals surface area contributed by atoms with Crippen LogP contribution in [-0.2, 0) is 27.8 Å². The molecular formula is C12H18N4O3S. The van der Waals surface area contributed by atoms with Crippen LogP contribution in [-0.4, -0.2) is 45.0 Å². The highest BCUT2D eigenvalue weighted by molar-refractivity contribution is 7.99. The van der Waals surface area contributed by atoms with Gasteiger partial charge in [0.05, 0.1) is 12.4 Å². The molecule has 1 aliphatic rings. The summed E-state index contributed by atoms with van der Waals surface area (Å²) in [5, 5.41) is 11.5. The van der Waals surface area contributed by atoms with Gasteiger partial charge in [-0.15, -0.1) is 10.2 Å². The number of hydrogen-bond acceptors (Lipinski definition) is 6. The van der Waals surface area contributed by atoms with E-state index in [2.05, 4.69) is 15.5 Å². The fraction of sp³-hybridized carbons (Fsp3) is 0.667. The van der Waals surface area contributed by atoms with E-state index in [0.717, 1.165) is 12.8 Å². The van der Waals surface area contributed by atoms with Crippen LogP contribution in [0.15, 0.2) is 5.16 Å². The first-order valence-electron chi connectivity index (χ1n) is 6.56. The topological polar surface area (TPSA) is 86.1 Å².